The Morgan fingerprint density at radius 1 is 1.03 bits per heavy atom. The van der Waals surface area contributed by atoms with Crippen LogP contribution in [0.25, 0.3) is 0 Å². The van der Waals surface area contributed by atoms with E-state index in [1.165, 1.54) is 10.6 Å². The molecular weight excluding hydrogens is 510 g/mol. The normalized spacial score (nSPS) is 12.3. The summed E-state index contributed by atoms with van der Waals surface area (Å²) in [4.78, 5) is 28.1. The Morgan fingerprint density at radius 2 is 1.68 bits per heavy atom. The lowest BCUT2D eigenvalue weighted by atomic mass is 10.1. The minimum Gasteiger partial charge on any atom is -0.354 e. The summed E-state index contributed by atoms with van der Waals surface area (Å²) in [6.07, 6.45) is 2.87. The number of aryl methyl sites for hydroxylation is 1. The van der Waals surface area contributed by atoms with Crippen molar-refractivity contribution in [1.29, 1.82) is 0 Å². The number of nitrogens with zero attached hydrogens (tertiary/aromatic N) is 2. The molecule has 0 saturated carbocycles. The molecule has 0 fully saturated rings. The van der Waals surface area contributed by atoms with Gasteiger partial charge in [-0.2, -0.15) is 0 Å². The fourth-order valence-corrected chi connectivity index (χ4v) is 5.21. The Bertz CT molecular complexity index is 1140. The highest BCUT2D eigenvalue weighted by Gasteiger charge is 2.29. The van der Waals surface area contributed by atoms with E-state index in [4.69, 9.17) is 11.6 Å². The van der Waals surface area contributed by atoms with E-state index in [1.54, 1.807) is 23.1 Å². The summed E-state index contributed by atoms with van der Waals surface area (Å²) in [5.41, 5.74) is 2.44. The van der Waals surface area contributed by atoms with E-state index < -0.39 is 16.1 Å². The predicted molar refractivity (Wildman–Crippen MR) is 151 cm³/mol. The highest BCUT2D eigenvalue weighted by Crippen LogP contribution is 2.22. The molecule has 204 valence electrons. The van der Waals surface area contributed by atoms with Gasteiger partial charge >= 0.3 is 0 Å². The number of carbonyl (C=O) groups excluding carboxylic acids is 2. The number of hydrogen-bond donors (Lipinski definition) is 1. The molecule has 7 nitrogen and oxygen atoms in total. The van der Waals surface area contributed by atoms with Crippen LogP contribution >= 0.6 is 11.6 Å². The van der Waals surface area contributed by atoms with Gasteiger partial charge in [0, 0.05) is 31.1 Å². The zero-order chi connectivity index (χ0) is 27.6. The van der Waals surface area contributed by atoms with Gasteiger partial charge in [0.05, 0.1) is 11.9 Å². The SMILES string of the molecule is CCc1ccc(N(CCCC(=O)N(Cc2ccccc2Cl)[C@@H](CC)C(=O)NCC(C)C)S(C)(=O)=O)cc1. The van der Waals surface area contributed by atoms with E-state index in [2.05, 4.69) is 5.32 Å². The average Bonchev–Trinajstić information content (AvgIpc) is 2.85. The molecular formula is C28H40ClN3O4S. The van der Waals surface area contributed by atoms with Gasteiger partial charge in [-0.3, -0.25) is 13.9 Å². The number of benzene rings is 2. The first kappa shape index (κ1) is 30.6. The topological polar surface area (TPSA) is 86.8 Å². The number of hydrogen-bond acceptors (Lipinski definition) is 4. The Morgan fingerprint density at radius 3 is 2.22 bits per heavy atom. The van der Waals surface area contributed by atoms with Gasteiger partial charge in [0.15, 0.2) is 0 Å². The van der Waals surface area contributed by atoms with Gasteiger partial charge in [-0.1, -0.05) is 69.6 Å². The summed E-state index contributed by atoms with van der Waals surface area (Å²) in [5, 5.41) is 3.47. The van der Waals surface area contributed by atoms with Gasteiger partial charge in [0.2, 0.25) is 21.8 Å². The van der Waals surface area contributed by atoms with Gasteiger partial charge in [0.1, 0.15) is 6.04 Å². The first-order valence-corrected chi connectivity index (χ1v) is 15.1. The number of rotatable bonds is 14. The Labute approximate surface area is 227 Å². The first-order valence-electron chi connectivity index (χ1n) is 12.8. The minimum atomic E-state index is -3.53. The first-order chi connectivity index (χ1) is 17.5. The molecule has 9 heteroatoms. The zero-order valence-electron chi connectivity index (χ0n) is 22.5. The maximum Gasteiger partial charge on any atom is 0.242 e. The summed E-state index contributed by atoms with van der Waals surface area (Å²) in [6.45, 7) is 8.80. The van der Waals surface area contributed by atoms with Crippen LogP contribution in [-0.4, -0.2) is 50.5 Å². The maximum atomic E-state index is 13.5. The minimum absolute atomic E-state index is 0.0947. The monoisotopic (exact) mass is 549 g/mol. The maximum absolute atomic E-state index is 13.5. The lowest BCUT2D eigenvalue weighted by Gasteiger charge is -2.31. The van der Waals surface area contributed by atoms with Crippen LogP contribution in [0.3, 0.4) is 0 Å². The quantitative estimate of drug-likeness (QED) is 0.358. The van der Waals surface area contributed by atoms with Crippen LogP contribution in [-0.2, 0) is 32.6 Å². The van der Waals surface area contributed by atoms with Crippen molar-refractivity contribution in [2.24, 2.45) is 5.92 Å². The molecule has 2 rings (SSSR count). The second kappa shape index (κ2) is 14.4. The number of amides is 2. The molecule has 1 N–H and O–H groups in total. The Kier molecular flexibility index (Phi) is 11.9. The van der Waals surface area contributed by atoms with Crippen LogP contribution < -0.4 is 9.62 Å². The van der Waals surface area contributed by atoms with Crippen molar-refractivity contribution in [1.82, 2.24) is 10.2 Å². The fraction of sp³-hybridized carbons (Fsp3) is 0.500. The lowest BCUT2D eigenvalue weighted by molar-refractivity contribution is -0.141. The van der Waals surface area contributed by atoms with Gasteiger partial charge < -0.3 is 10.2 Å². The van der Waals surface area contributed by atoms with Crippen molar-refractivity contribution in [3.05, 3.63) is 64.7 Å². The largest absolute Gasteiger partial charge is 0.354 e. The van der Waals surface area contributed by atoms with E-state index in [-0.39, 0.29) is 37.2 Å². The third-order valence-corrected chi connectivity index (χ3v) is 7.72. The van der Waals surface area contributed by atoms with E-state index in [0.717, 1.165) is 17.5 Å². The number of anilines is 1. The highest BCUT2D eigenvalue weighted by atomic mass is 35.5. The Balaban J connectivity index is 2.21. The molecule has 0 radical (unpaired) electrons. The van der Waals surface area contributed by atoms with Crippen molar-refractivity contribution >= 4 is 39.1 Å². The molecule has 1 atom stereocenters. The smallest absolute Gasteiger partial charge is 0.242 e. The third-order valence-electron chi connectivity index (χ3n) is 6.15. The van der Waals surface area contributed by atoms with Crippen LogP contribution in [0.5, 0.6) is 0 Å². The van der Waals surface area contributed by atoms with Crippen LogP contribution in [0.2, 0.25) is 5.02 Å². The van der Waals surface area contributed by atoms with E-state index >= 15 is 0 Å². The molecule has 0 aromatic heterocycles. The fourth-order valence-electron chi connectivity index (χ4n) is 4.05. The molecule has 0 aliphatic heterocycles. The summed E-state index contributed by atoms with van der Waals surface area (Å²) in [7, 11) is -3.53. The second-order valence-corrected chi connectivity index (χ2v) is 11.9. The van der Waals surface area contributed by atoms with E-state index in [9.17, 15) is 18.0 Å². The molecule has 0 spiro atoms. The summed E-state index contributed by atoms with van der Waals surface area (Å²) < 4.78 is 26.3. The summed E-state index contributed by atoms with van der Waals surface area (Å²) in [5.74, 6) is -0.144. The van der Waals surface area contributed by atoms with Crippen molar-refractivity contribution in [3.63, 3.8) is 0 Å². The van der Waals surface area contributed by atoms with Gasteiger partial charge in [0.25, 0.3) is 0 Å². The molecule has 2 aromatic rings. The molecule has 0 unspecified atom stereocenters. The van der Waals surface area contributed by atoms with E-state index in [0.29, 0.717) is 30.1 Å². The number of carbonyl (C=O) groups is 2. The van der Waals surface area contributed by atoms with Crippen molar-refractivity contribution in [2.45, 2.75) is 66.0 Å². The highest BCUT2D eigenvalue weighted by molar-refractivity contribution is 7.92. The summed E-state index contributed by atoms with van der Waals surface area (Å²) >= 11 is 6.38. The van der Waals surface area contributed by atoms with Crippen LogP contribution in [0.15, 0.2) is 48.5 Å². The van der Waals surface area contributed by atoms with Crippen molar-refractivity contribution in [2.75, 3.05) is 23.7 Å². The molecule has 37 heavy (non-hydrogen) atoms. The van der Waals surface area contributed by atoms with Crippen molar-refractivity contribution < 1.29 is 18.0 Å². The number of halogens is 1. The van der Waals surface area contributed by atoms with E-state index in [1.807, 2.05) is 58.0 Å². The lowest BCUT2D eigenvalue weighted by Crippen LogP contribution is -2.49. The molecule has 2 amide bonds. The third kappa shape index (κ3) is 9.34. The van der Waals surface area contributed by atoms with Gasteiger partial charge in [-0.25, -0.2) is 8.42 Å². The van der Waals surface area contributed by atoms with Gasteiger partial charge in [-0.05, 0) is 54.5 Å². The number of nitrogens with one attached hydrogen (secondary N) is 1. The second-order valence-electron chi connectivity index (χ2n) is 9.63. The summed E-state index contributed by atoms with van der Waals surface area (Å²) in [6, 6.07) is 14.0. The van der Waals surface area contributed by atoms with Crippen molar-refractivity contribution in [3.8, 4) is 0 Å². The van der Waals surface area contributed by atoms with Crippen LogP contribution in [0.4, 0.5) is 5.69 Å². The molecule has 0 aliphatic rings. The molecule has 0 aliphatic carbocycles. The molecule has 0 saturated heterocycles. The van der Waals surface area contributed by atoms with Gasteiger partial charge in [-0.15, -0.1) is 0 Å². The molecule has 0 heterocycles. The Hall–Kier alpha value is -2.58. The number of sulfonamides is 1. The zero-order valence-corrected chi connectivity index (χ0v) is 24.1. The predicted octanol–water partition coefficient (Wildman–Crippen LogP) is 5.03. The standard InChI is InChI=1S/C28H40ClN3O4S/c1-6-22-14-16-24(17-15-22)32(37(5,35)36)18-10-13-27(33)31(20-23-11-8-9-12-25(23)29)26(7-2)28(34)30-19-21(3)4/h8-9,11-12,14-17,21,26H,6-7,10,13,18-20H2,1-5H3,(H,30,34)/t26-/m0/s1. The van der Waals surface area contributed by atoms with Crippen LogP contribution in [0, 0.1) is 5.92 Å². The molecule has 2 aromatic carbocycles. The average molecular weight is 550 g/mol. The van der Waals surface area contributed by atoms with Crippen LogP contribution in [0.1, 0.15) is 58.1 Å². The molecule has 0 bridgehead atoms.